The summed E-state index contributed by atoms with van der Waals surface area (Å²) in [6.45, 7) is 0.888. The summed E-state index contributed by atoms with van der Waals surface area (Å²) < 4.78 is 13.5. The predicted molar refractivity (Wildman–Crippen MR) is 71.2 cm³/mol. The lowest BCUT2D eigenvalue weighted by Crippen LogP contribution is -2.14. The molecule has 18 heavy (non-hydrogen) atoms. The second-order valence-electron chi connectivity index (χ2n) is 4.64. The van der Waals surface area contributed by atoms with E-state index in [4.69, 9.17) is 0 Å². The van der Waals surface area contributed by atoms with Crippen LogP contribution in [0, 0.1) is 5.82 Å². The van der Waals surface area contributed by atoms with Gasteiger partial charge in [-0.3, -0.25) is 0 Å². The normalized spacial score (nSPS) is 14.9. The van der Waals surface area contributed by atoms with E-state index in [2.05, 4.69) is 10.3 Å². The molecule has 1 aliphatic rings. The molecule has 0 bridgehead atoms. The lowest BCUT2D eigenvalue weighted by Gasteiger charge is -1.99. The van der Waals surface area contributed by atoms with Crippen LogP contribution in [0.25, 0.3) is 0 Å². The first kappa shape index (κ1) is 11.8. The van der Waals surface area contributed by atoms with Crippen molar-refractivity contribution in [2.24, 2.45) is 0 Å². The monoisotopic (exact) mass is 262 g/mol. The number of aromatic nitrogens is 1. The standard InChI is InChI=1S/C14H15FN2S/c15-13-4-2-1-3-10(13)7-14-17-9-12(18-14)8-16-11-5-6-11/h1-4,9,11,16H,5-8H2. The molecule has 4 heteroatoms. The van der Waals surface area contributed by atoms with Crippen molar-refractivity contribution >= 4 is 11.3 Å². The Morgan fingerprint density at radius 2 is 2.17 bits per heavy atom. The fourth-order valence-corrected chi connectivity index (χ4v) is 2.75. The van der Waals surface area contributed by atoms with Gasteiger partial charge in [0.25, 0.3) is 0 Å². The number of nitrogens with one attached hydrogen (secondary N) is 1. The first-order valence-corrected chi connectivity index (χ1v) is 7.03. The molecule has 1 heterocycles. The minimum Gasteiger partial charge on any atom is -0.309 e. The number of hydrogen-bond donors (Lipinski definition) is 1. The Labute approximate surface area is 110 Å². The van der Waals surface area contributed by atoms with Gasteiger partial charge in [0.1, 0.15) is 5.82 Å². The average molecular weight is 262 g/mol. The van der Waals surface area contributed by atoms with E-state index in [9.17, 15) is 4.39 Å². The highest BCUT2D eigenvalue weighted by Gasteiger charge is 2.20. The summed E-state index contributed by atoms with van der Waals surface area (Å²) in [5.41, 5.74) is 0.716. The van der Waals surface area contributed by atoms with Gasteiger partial charge in [-0.25, -0.2) is 9.37 Å². The molecular weight excluding hydrogens is 247 g/mol. The Kier molecular flexibility index (Phi) is 3.39. The summed E-state index contributed by atoms with van der Waals surface area (Å²) in [4.78, 5) is 5.59. The van der Waals surface area contributed by atoms with Crippen LogP contribution >= 0.6 is 11.3 Å². The van der Waals surface area contributed by atoms with Gasteiger partial charge in [-0.1, -0.05) is 18.2 Å². The van der Waals surface area contributed by atoms with E-state index in [1.54, 1.807) is 17.4 Å². The topological polar surface area (TPSA) is 24.9 Å². The largest absolute Gasteiger partial charge is 0.309 e. The zero-order valence-electron chi connectivity index (χ0n) is 10.0. The number of halogens is 1. The van der Waals surface area contributed by atoms with Crippen molar-refractivity contribution < 1.29 is 4.39 Å². The van der Waals surface area contributed by atoms with Gasteiger partial charge in [0, 0.05) is 30.1 Å². The van der Waals surface area contributed by atoms with Crippen LogP contribution in [0.1, 0.15) is 28.3 Å². The van der Waals surface area contributed by atoms with Gasteiger partial charge < -0.3 is 5.32 Å². The Balaban J connectivity index is 1.63. The van der Waals surface area contributed by atoms with E-state index in [-0.39, 0.29) is 5.82 Å². The molecular formula is C14H15FN2S. The van der Waals surface area contributed by atoms with Gasteiger partial charge in [0.05, 0.1) is 5.01 Å². The van der Waals surface area contributed by atoms with Crippen molar-refractivity contribution in [2.45, 2.75) is 31.8 Å². The van der Waals surface area contributed by atoms with E-state index in [1.807, 2.05) is 18.3 Å². The number of thiazole rings is 1. The highest BCUT2D eigenvalue weighted by molar-refractivity contribution is 7.11. The van der Waals surface area contributed by atoms with Gasteiger partial charge in [-0.15, -0.1) is 11.3 Å². The van der Waals surface area contributed by atoms with Crippen LogP contribution in [0.5, 0.6) is 0 Å². The third-order valence-electron chi connectivity index (χ3n) is 3.04. The third-order valence-corrected chi connectivity index (χ3v) is 4.04. The lowest BCUT2D eigenvalue weighted by molar-refractivity contribution is 0.614. The second-order valence-corrected chi connectivity index (χ2v) is 5.84. The second kappa shape index (κ2) is 5.16. The third kappa shape index (κ3) is 2.94. The fraction of sp³-hybridized carbons (Fsp3) is 0.357. The zero-order valence-corrected chi connectivity index (χ0v) is 10.8. The summed E-state index contributed by atoms with van der Waals surface area (Å²) in [5, 5.41) is 4.44. The molecule has 1 aromatic carbocycles. The fourth-order valence-electron chi connectivity index (χ4n) is 1.85. The van der Waals surface area contributed by atoms with Crippen molar-refractivity contribution in [3.8, 4) is 0 Å². The predicted octanol–water partition coefficient (Wildman–Crippen LogP) is 3.13. The molecule has 2 nitrogen and oxygen atoms in total. The summed E-state index contributed by atoms with van der Waals surface area (Å²) >= 11 is 1.67. The Hall–Kier alpha value is -1.26. The molecule has 0 radical (unpaired) electrons. The van der Waals surface area contributed by atoms with Gasteiger partial charge in [-0.05, 0) is 24.5 Å². The molecule has 1 aliphatic carbocycles. The van der Waals surface area contributed by atoms with Crippen LogP contribution in [-0.2, 0) is 13.0 Å². The minimum absolute atomic E-state index is 0.148. The maximum atomic E-state index is 13.5. The molecule has 2 aromatic rings. The van der Waals surface area contributed by atoms with Crippen molar-refractivity contribution in [1.82, 2.24) is 10.3 Å². The van der Waals surface area contributed by atoms with Gasteiger partial charge in [0.15, 0.2) is 0 Å². The van der Waals surface area contributed by atoms with E-state index in [1.165, 1.54) is 23.8 Å². The SMILES string of the molecule is Fc1ccccc1Cc1ncc(CNC2CC2)s1. The van der Waals surface area contributed by atoms with Crippen LogP contribution < -0.4 is 5.32 Å². The first-order chi connectivity index (χ1) is 8.81. The zero-order chi connectivity index (χ0) is 12.4. The average Bonchev–Trinajstić information content (AvgIpc) is 3.10. The van der Waals surface area contributed by atoms with E-state index in [0.717, 1.165) is 11.6 Å². The van der Waals surface area contributed by atoms with Crippen LogP contribution in [0.15, 0.2) is 30.5 Å². The summed E-state index contributed by atoms with van der Waals surface area (Å²) in [6, 6.07) is 7.60. The molecule has 1 N–H and O–H groups in total. The van der Waals surface area contributed by atoms with Crippen LogP contribution in [0.2, 0.25) is 0 Å². The smallest absolute Gasteiger partial charge is 0.126 e. The molecule has 0 atom stereocenters. The number of benzene rings is 1. The molecule has 0 unspecified atom stereocenters. The minimum atomic E-state index is -0.148. The molecule has 0 spiro atoms. The van der Waals surface area contributed by atoms with Crippen LogP contribution in [0.3, 0.4) is 0 Å². The Morgan fingerprint density at radius 3 is 2.94 bits per heavy atom. The molecule has 1 saturated carbocycles. The quantitative estimate of drug-likeness (QED) is 0.895. The summed E-state index contributed by atoms with van der Waals surface area (Å²) in [6.07, 6.45) is 5.07. The molecule has 0 amide bonds. The maximum Gasteiger partial charge on any atom is 0.126 e. The van der Waals surface area contributed by atoms with E-state index >= 15 is 0 Å². The molecule has 0 aliphatic heterocycles. The molecule has 1 aromatic heterocycles. The Bertz CT molecular complexity index is 534. The van der Waals surface area contributed by atoms with E-state index < -0.39 is 0 Å². The molecule has 0 saturated heterocycles. The lowest BCUT2D eigenvalue weighted by atomic mass is 10.1. The maximum absolute atomic E-state index is 13.5. The van der Waals surface area contributed by atoms with E-state index in [0.29, 0.717) is 18.0 Å². The number of hydrogen-bond acceptors (Lipinski definition) is 3. The highest BCUT2D eigenvalue weighted by Crippen LogP contribution is 2.22. The van der Waals surface area contributed by atoms with Gasteiger partial charge in [-0.2, -0.15) is 0 Å². The summed E-state index contributed by atoms with van der Waals surface area (Å²) in [5.74, 6) is -0.148. The van der Waals surface area contributed by atoms with Crippen LogP contribution in [-0.4, -0.2) is 11.0 Å². The van der Waals surface area contributed by atoms with Gasteiger partial charge in [0.2, 0.25) is 0 Å². The highest BCUT2D eigenvalue weighted by atomic mass is 32.1. The van der Waals surface area contributed by atoms with Crippen molar-refractivity contribution in [3.63, 3.8) is 0 Å². The van der Waals surface area contributed by atoms with Crippen molar-refractivity contribution in [2.75, 3.05) is 0 Å². The van der Waals surface area contributed by atoms with Crippen molar-refractivity contribution in [3.05, 3.63) is 51.7 Å². The summed E-state index contributed by atoms with van der Waals surface area (Å²) in [7, 11) is 0. The van der Waals surface area contributed by atoms with Gasteiger partial charge >= 0.3 is 0 Å². The molecule has 3 rings (SSSR count). The molecule has 1 fully saturated rings. The van der Waals surface area contributed by atoms with Crippen LogP contribution in [0.4, 0.5) is 4.39 Å². The number of nitrogens with zero attached hydrogens (tertiary/aromatic N) is 1. The molecule has 94 valence electrons. The number of rotatable bonds is 5. The first-order valence-electron chi connectivity index (χ1n) is 6.21. The Morgan fingerprint density at radius 1 is 1.33 bits per heavy atom. The van der Waals surface area contributed by atoms with Crippen molar-refractivity contribution in [1.29, 1.82) is 0 Å².